The van der Waals surface area contributed by atoms with Crippen LogP contribution < -0.4 is 0 Å². The zero-order valence-electron chi connectivity index (χ0n) is 8.62. The molecule has 1 N–H and O–H groups in total. The fourth-order valence-corrected chi connectivity index (χ4v) is 2.55. The molecule has 1 aliphatic rings. The van der Waals surface area contributed by atoms with Gasteiger partial charge < -0.3 is 5.11 Å². The van der Waals surface area contributed by atoms with Crippen LogP contribution in [-0.2, 0) is 11.2 Å². The lowest BCUT2D eigenvalue weighted by Gasteiger charge is -2.02. The van der Waals surface area contributed by atoms with E-state index in [-0.39, 0.29) is 5.92 Å². The van der Waals surface area contributed by atoms with Crippen molar-refractivity contribution in [3.05, 3.63) is 33.8 Å². The van der Waals surface area contributed by atoms with Gasteiger partial charge in [0.05, 0.1) is 5.92 Å². The summed E-state index contributed by atoms with van der Waals surface area (Å²) >= 11 is 11.8. The summed E-state index contributed by atoms with van der Waals surface area (Å²) in [6.45, 7) is 0. The number of benzene rings is 1. The van der Waals surface area contributed by atoms with E-state index in [1.165, 1.54) is 0 Å². The third-order valence-electron chi connectivity index (χ3n) is 2.97. The van der Waals surface area contributed by atoms with Crippen molar-refractivity contribution >= 4 is 29.2 Å². The molecule has 0 spiro atoms. The molecular weight excluding hydrogens is 247 g/mol. The van der Waals surface area contributed by atoms with Crippen LogP contribution in [0.2, 0.25) is 10.0 Å². The van der Waals surface area contributed by atoms with Gasteiger partial charge in [0, 0.05) is 10.0 Å². The minimum absolute atomic E-state index is 0.130. The Bertz CT molecular complexity index is 397. The van der Waals surface area contributed by atoms with Gasteiger partial charge in [-0.1, -0.05) is 23.2 Å². The van der Waals surface area contributed by atoms with Crippen molar-refractivity contribution in [1.29, 1.82) is 0 Å². The summed E-state index contributed by atoms with van der Waals surface area (Å²) in [5, 5.41) is 10.0. The third kappa shape index (κ3) is 2.89. The first-order valence-electron chi connectivity index (χ1n) is 5.24. The maximum atomic E-state index is 10.6. The largest absolute Gasteiger partial charge is 0.481 e. The predicted octanol–water partition coefficient (Wildman–Crippen LogP) is 3.65. The van der Waals surface area contributed by atoms with Gasteiger partial charge in [-0.3, -0.25) is 4.79 Å². The number of halogens is 2. The van der Waals surface area contributed by atoms with Gasteiger partial charge in [0.15, 0.2) is 0 Å². The van der Waals surface area contributed by atoms with E-state index < -0.39 is 5.97 Å². The van der Waals surface area contributed by atoms with E-state index in [0.29, 0.717) is 16.0 Å². The first kappa shape index (κ1) is 11.7. The van der Waals surface area contributed by atoms with Crippen LogP contribution in [0.25, 0.3) is 0 Å². The van der Waals surface area contributed by atoms with Gasteiger partial charge in [0.25, 0.3) is 0 Å². The van der Waals surface area contributed by atoms with Crippen molar-refractivity contribution in [1.82, 2.24) is 0 Å². The number of rotatable bonds is 4. The Kier molecular flexibility index (Phi) is 3.41. The second kappa shape index (κ2) is 4.64. The van der Waals surface area contributed by atoms with E-state index in [9.17, 15) is 4.79 Å². The summed E-state index contributed by atoms with van der Waals surface area (Å²) in [5.41, 5.74) is 1.08. The highest BCUT2D eigenvalue weighted by atomic mass is 35.5. The fraction of sp³-hybridized carbons (Fsp3) is 0.417. The lowest BCUT2D eigenvalue weighted by atomic mass is 10.1. The minimum atomic E-state index is -0.672. The van der Waals surface area contributed by atoms with Crippen LogP contribution in [0.5, 0.6) is 0 Å². The molecule has 1 aliphatic carbocycles. The zero-order valence-corrected chi connectivity index (χ0v) is 10.1. The Hall–Kier alpha value is -0.730. The van der Waals surface area contributed by atoms with Gasteiger partial charge in [-0.15, -0.1) is 0 Å². The molecule has 0 amide bonds. The Morgan fingerprint density at radius 3 is 2.44 bits per heavy atom. The Labute approximate surface area is 104 Å². The second-order valence-electron chi connectivity index (χ2n) is 4.26. The van der Waals surface area contributed by atoms with Gasteiger partial charge in [-0.05, 0) is 48.9 Å². The Balaban J connectivity index is 1.89. The maximum Gasteiger partial charge on any atom is 0.306 e. The quantitative estimate of drug-likeness (QED) is 0.896. The molecular formula is C12H12Cl2O2. The maximum absolute atomic E-state index is 10.6. The van der Waals surface area contributed by atoms with E-state index in [2.05, 4.69) is 0 Å². The normalized spacial score (nSPS) is 23.1. The van der Waals surface area contributed by atoms with Crippen LogP contribution >= 0.6 is 23.2 Å². The van der Waals surface area contributed by atoms with Crippen LogP contribution in [0.3, 0.4) is 0 Å². The number of carbonyl (C=O) groups is 1. The van der Waals surface area contributed by atoms with Gasteiger partial charge in [-0.25, -0.2) is 0 Å². The van der Waals surface area contributed by atoms with Crippen molar-refractivity contribution < 1.29 is 9.90 Å². The molecule has 0 bridgehead atoms. The van der Waals surface area contributed by atoms with Crippen molar-refractivity contribution in [3.63, 3.8) is 0 Å². The molecule has 2 unspecified atom stereocenters. The Morgan fingerprint density at radius 1 is 1.31 bits per heavy atom. The second-order valence-corrected chi connectivity index (χ2v) is 5.13. The Morgan fingerprint density at radius 2 is 1.94 bits per heavy atom. The van der Waals surface area contributed by atoms with Gasteiger partial charge >= 0.3 is 5.97 Å². The third-order valence-corrected chi connectivity index (χ3v) is 3.40. The molecule has 1 aromatic rings. The highest BCUT2D eigenvalue weighted by molar-refractivity contribution is 6.34. The van der Waals surface area contributed by atoms with Crippen molar-refractivity contribution in [2.24, 2.45) is 11.8 Å². The van der Waals surface area contributed by atoms with Crippen LogP contribution in [0.4, 0.5) is 0 Å². The van der Waals surface area contributed by atoms with E-state index in [1.807, 2.05) is 12.1 Å². The van der Waals surface area contributed by atoms with Crippen LogP contribution in [0, 0.1) is 11.8 Å². The van der Waals surface area contributed by atoms with Gasteiger partial charge in [0.2, 0.25) is 0 Å². The predicted molar refractivity (Wildman–Crippen MR) is 64.0 cm³/mol. The van der Waals surface area contributed by atoms with Crippen LogP contribution in [0.1, 0.15) is 18.4 Å². The lowest BCUT2D eigenvalue weighted by Crippen LogP contribution is -2.00. The monoisotopic (exact) mass is 258 g/mol. The van der Waals surface area contributed by atoms with Crippen LogP contribution in [0.15, 0.2) is 18.2 Å². The smallest absolute Gasteiger partial charge is 0.306 e. The number of carboxylic acids is 1. The van der Waals surface area contributed by atoms with Crippen LogP contribution in [-0.4, -0.2) is 11.1 Å². The SMILES string of the molecule is O=C(O)C1CC1CCc1cc(Cl)cc(Cl)c1. The molecule has 0 radical (unpaired) electrons. The molecule has 4 heteroatoms. The van der Waals surface area contributed by atoms with Crippen molar-refractivity contribution in [3.8, 4) is 0 Å². The number of carboxylic acid groups (broad SMARTS) is 1. The lowest BCUT2D eigenvalue weighted by molar-refractivity contribution is -0.138. The van der Waals surface area contributed by atoms with E-state index in [0.717, 1.165) is 24.8 Å². The molecule has 0 heterocycles. The molecule has 16 heavy (non-hydrogen) atoms. The number of aryl methyl sites for hydroxylation is 1. The summed E-state index contributed by atoms with van der Waals surface area (Å²) in [7, 11) is 0. The van der Waals surface area contributed by atoms with Crippen molar-refractivity contribution in [2.75, 3.05) is 0 Å². The average Bonchev–Trinajstić information content (AvgIpc) is 2.92. The number of aliphatic carboxylic acids is 1. The first-order valence-corrected chi connectivity index (χ1v) is 5.99. The summed E-state index contributed by atoms with van der Waals surface area (Å²) in [6.07, 6.45) is 2.55. The summed E-state index contributed by atoms with van der Waals surface area (Å²) in [5.74, 6) is -0.473. The van der Waals surface area contributed by atoms with Gasteiger partial charge in [-0.2, -0.15) is 0 Å². The molecule has 2 rings (SSSR count). The molecule has 0 aliphatic heterocycles. The molecule has 86 valence electrons. The first-order chi connectivity index (χ1) is 7.56. The average molecular weight is 259 g/mol. The van der Waals surface area contributed by atoms with E-state index in [1.54, 1.807) is 6.07 Å². The summed E-state index contributed by atoms with van der Waals surface area (Å²) in [6, 6.07) is 5.46. The molecule has 2 nitrogen and oxygen atoms in total. The summed E-state index contributed by atoms with van der Waals surface area (Å²) in [4.78, 5) is 10.6. The van der Waals surface area contributed by atoms with E-state index in [4.69, 9.17) is 28.3 Å². The fourth-order valence-electron chi connectivity index (χ4n) is 1.98. The molecule has 1 fully saturated rings. The number of hydrogen-bond acceptors (Lipinski definition) is 1. The highest BCUT2D eigenvalue weighted by Gasteiger charge is 2.42. The van der Waals surface area contributed by atoms with Crippen molar-refractivity contribution in [2.45, 2.75) is 19.3 Å². The highest BCUT2D eigenvalue weighted by Crippen LogP contribution is 2.42. The van der Waals surface area contributed by atoms with E-state index >= 15 is 0 Å². The summed E-state index contributed by atoms with van der Waals surface area (Å²) < 4.78 is 0. The molecule has 1 aromatic carbocycles. The molecule has 1 saturated carbocycles. The minimum Gasteiger partial charge on any atom is -0.481 e. The standard InChI is InChI=1S/C12H12Cl2O2/c13-9-3-7(4-10(14)6-9)1-2-8-5-11(8)12(15)16/h3-4,6,8,11H,1-2,5H2,(H,15,16). The molecule has 0 aromatic heterocycles. The zero-order chi connectivity index (χ0) is 11.7. The van der Waals surface area contributed by atoms with Gasteiger partial charge in [0.1, 0.15) is 0 Å². The molecule has 0 saturated heterocycles. The molecule has 2 atom stereocenters. The number of hydrogen-bond donors (Lipinski definition) is 1. The topological polar surface area (TPSA) is 37.3 Å².